The minimum absolute atomic E-state index is 0.270. The van der Waals surface area contributed by atoms with Crippen molar-refractivity contribution < 1.29 is 9.47 Å². The zero-order chi connectivity index (χ0) is 14.0. The molecule has 0 aromatic carbocycles. The van der Waals surface area contributed by atoms with Gasteiger partial charge in [0.2, 0.25) is 0 Å². The second-order valence-electron chi connectivity index (χ2n) is 6.60. The summed E-state index contributed by atoms with van der Waals surface area (Å²) in [5.41, 5.74) is 0. The predicted octanol–water partition coefficient (Wildman–Crippen LogP) is 3.16. The van der Waals surface area contributed by atoms with Crippen molar-refractivity contribution in [2.24, 2.45) is 17.8 Å². The highest BCUT2D eigenvalue weighted by Crippen LogP contribution is 2.51. The van der Waals surface area contributed by atoms with E-state index in [0.717, 1.165) is 50.8 Å². The molecule has 3 fully saturated rings. The van der Waals surface area contributed by atoms with Crippen molar-refractivity contribution in [2.45, 2.75) is 57.3 Å². The number of halogens is 1. The monoisotopic (exact) mass is 301 g/mol. The van der Waals surface area contributed by atoms with E-state index in [-0.39, 0.29) is 5.79 Å². The van der Waals surface area contributed by atoms with Gasteiger partial charge in [-0.2, -0.15) is 0 Å². The Morgan fingerprint density at radius 3 is 2.75 bits per heavy atom. The predicted molar refractivity (Wildman–Crippen MR) is 81.0 cm³/mol. The van der Waals surface area contributed by atoms with Crippen LogP contribution >= 0.6 is 11.6 Å². The Morgan fingerprint density at radius 1 is 1.25 bits per heavy atom. The van der Waals surface area contributed by atoms with Crippen LogP contribution in [-0.4, -0.2) is 37.5 Å². The van der Waals surface area contributed by atoms with Gasteiger partial charge in [0.25, 0.3) is 0 Å². The zero-order valence-corrected chi connectivity index (χ0v) is 13.3. The maximum atomic E-state index is 6.15. The third kappa shape index (κ3) is 2.63. The van der Waals surface area contributed by atoms with Gasteiger partial charge in [-0.05, 0) is 44.1 Å². The molecule has 2 saturated heterocycles. The molecule has 3 aliphatic rings. The van der Waals surface area contributed by atoms with Crippen LogP contribution in [0.15, 0.2) is 0 Å². The molecule has 0 aromatic heterocycles. The van der Waals surface area contributed by atoms with Crippen molar-refractivity contribution in [3.63, 3.8) is 0 Å². The van der Waals surface area contributed by atoms with Crippen LogP contribution in [-0.2, 0) is 9.47 Å². The number of alkyl halides is 1. The van der Waals surface area contributed by atoms with Gasteiger partial charge >= 0.3 is 0 Å². The Hall–Kier alpha value is 0.170. The van der Waals surface area contributed by atoms with E-state index in [0.29, 0.717) is 17.9 Å². The number of hydrogen-bond acceptors (Lipinski definition) is 3. The third-order valence-corrected chi connectivity index (χ3v) is 5.90. The van der Waals surface area contributed by atoms with Gasteiger partial charge < -0.3 is 14.8 Å². The fraction of sp³-hybridized carbons (Fsp3) is 1.00. The Balaban J connectivity index is 1.78. The molecule has 0 unspecified atom stereocenters. The first-order valence-electron chi connectivity index (χ1n) is 8.38. The first-order valence-corrected chi connectivity index (χ1v) is 8.91. The maximum Gasteiger partial charge on any atom is 0.171 e. The van der Waals surface area contributed by atoms with E-state index in [1.165, 1.54) is 19.3 Å². The summed E-state index contributed by atoms with van der Waals surface area (Å²) < 4.78 is 12.3. The lowest BCUT2D eigenvalue weighted by Crippen LogP contribution is -2.56. The van der Waals surface area contributed by atoms with Crippen molar-refractivity contribution in [2.75, 3.05) is 25.6 Å². The SMILES string of the molecule is CC[C@@H]1[C@@H](CCCCCl)[C@H]2NCC[C@H]2CC12OCCO2. The smallest absolute Gasteiger partial charge is 0.171 e. The Kier molecular flexibility index (Phi) is 4.91. The molecule has 2 heterocycles. The van der Waals surface area contributed by atoms with Gasteiger partial charge in [0.1, 0.15) is 0 Å². The first-order chi connectivity index (χ1) is 9.80. The average molecular weight is 302 g/mol. The quantitative estimate of drug-likeness (QED) is 0.625. The van der Waals surface area contributed by atoms with E-state index in [9.17, 15) is 0 Å². The number of ether oxygens (including phenoxy) is 2. The fourth-order valence-electron chi connectivity index (χ4n) is 4.88. The Bertz CT molecular complexity index is 320. The molecule has 116 valence electrons. The van der Waals surface area contributed by atoms with Crippen LogP contribution in [0.1, 0.15) is 45.4 Å². The molecule has 1 N–H and O–H groups in total. The van der Waals surface area contributed by atoms with Crippen LogP contribution in [0.3, 0.4) is 0 Å². The maximum absolute atomic E-state index is 6.15. The van der Waals surface area contributed by atoms with E-state index < -0.39 is 0 Å². The molecule has 1 spiro atoms. The van der Waals surface area contributed by atoms with Gasteiger partial charge in [-0.3, -0.25) is 0 Å². The minimum Gasteiger partial charge on any atom is -0.347 e. The largest absolute Gasteiger partial charge is 0.347 e. The van der Waals surface area contributed by atoms with E-state index in [4.69, 9.17) is 21.1 Å². The molecule has 0 aromatic rings. The van der Waals surface area contributed by atoms with Crippen LogP contribution in [0.4, 0.5) is 0 Å². The Labute approximate surface area is 127 Å². The van der Waals surface area contributed by atoms with Crippen LogP contribution in [0.25, 0.3) is 0 Å². The van der Waals surface area contributed by atoms with Gasteiger partial charge in [0.15, 0.2) is 5.79 Å². The van der Waals surface area contributed by atoms with E-state index in [2.05, 4.69) is 12.2 Å². The number of hydrogen-bond donors (Lipinski definition) is 1. The van der Waals surface area contributed by atoms with Gasteiger partial charge in [-0.25, -0.2) is 0 Å². The summed E-state index contributed by atoms with van der Waals surface area (Å²) in [5, 5.41) is 3.76. The lowest BCUT2D eigenvalue weighted by atomic mass is 9.65. The second kappa shape index (κ2) is 6.51. The highest BCUT2D eigenvalue weighted by Gasteiger charge is 2.56. The van der Waals surface area contributed by atoms with Crippen molar-refractivity contribution in [1.82, 2.24) is 5.32 Å². The van der Waals surface area contributed by atoms with Crippen molar-refractivity contribution >= 4 is 11.6 Å². The molecular weight excluding hydrogens is 274 g/mol. The standard InChI is InChI=1S/C16H28ClNO2/c1-2-14-13(5-3-4-7-17)15-12(6-8-18-15)11-16(14)19-9-10-20-16/h12-15,18H,2-11H2,1H3/t12-,13+,14+,15-/m0/s1. The molecule has 2 aliphatic heterocycles. The lowest BCUT2D eigenvalue weighted by Gasteiger charge is -2.49. The zero-order valence-electron chi connectivity index (χ0n) is 12.6. The molecule has 1 aliphatic carbocycles. The van der Waals surface area contributed by atoms with Crippen molar-refractivity contribution in [3.8, 4) is 0 Å². The average Bonchev–Trinajstić information content (AvgIpc) is 3.09. The van der Waals surface area contributed by atoms with Crippen LogP contribution in [0, 0.1) is 17.8 Å². The molecular formula is C16H28ClNO2. The van der Waals surface area contributed by atoms with Crippen LogP contribution in [0.2, 0.25) is 0 Å². The molecule has 20 heavy (non-hydrogen) atoms. The second-order valence-corrected chi connectivity index (χ2v) is 6.98. The third-order valence-electron chi connectivity index (χ3n) is 5.63. The van der Waals surface area contributed by atoms with Gasteiger partial charge in [-0.15, -0.1) is 11.6 Å². The van der Waals surface area contributed by atoms with Crippen molar-refractivity contribution in [1.29, 1.82) is 0 Å². The summed E-state index contributed by atoms with van der Waals surface area (Å²) in [7, 11) is 0. The normalized spacial score (nSPS) is 39.3. The summed E-state index contributed by atoms with van der Waals surface area (Å²) in [4.78, 5) is 0. The molecule has 0 bridgehead atoms. The number of unbranched alkanes of at least 4 members (excludes halogenated alkanes) is 1. The van der Waals surface area contributed by atoms with Gasteiger partial charge in [0.05, 0.1) is 13.2 Å². The molecule has 0 radical (unpaired) electrons. The molecule has 4 heteroatoms. The molecule has 3 rings (SSSR count). The molecule has 4 atom stereocenters. The number of nitrogens with one attached hydrogen (secondary N) is 1. The highest BCUT2D eigenvalue weighted by atomic mass is 35.5. The summed E-state index contributed by atoms with van der Waals surface area (Å²) in [5.74, 6) is 2.46. The van der Waals surface area contributed by atoms with Gasteiger partial charge in [-0.1, -0.05) is 13.3 Å². The van der Waals surface area contributed by atoms with Gasteiger partial charge in [0, 0.05) is 24.3 Å². The summed E-state index contributed by atoms with van der Waals surface area (Å²) >= 11 is 5.86. The first kappa shape index (κ1) is 15.1. The summed E-state index contributed by atoms with van der Waals surface area (Å²) in [6, 6.07) is 0.675. The molecule has 3 nitrogen and oxygen atoms in total. The van der Waals surface area contributed by atoms with E-state index >= 15 is 0 Å². The fourth-order valence-corrected chi connectivity index (χ4v) is 5.07. The number of rotatable bonds is 5. The molecule has 1 saturated carbocycles. The lowest BCUT2D eigenvalue weighted by molar-refractivity contribution is -0.240. The summed E-state index contributed by atoms with van der Waals surface area (Å²) in [6.45, 7) is 5.00. The topological polar surface area (TPSA) is 30.5 Å². The molecule has 0 amide bonds. The van der Waals surface area contributed by atoms with Crippen LogP contribution in [0.5, 0.6) is 0 Å². The van der Waals surface area contributed by atoms with Crippen molar-refractivity contribution in [3.05, 3.63) is 0 Å². The number of fused-ring (bicyclic) bond motifs is 1. The van der Waals surface area contributed by atoms with E-state index in [1.54, 1.807) is 0 Å². The van der Waals surface area contributed by atoms with E-state index in [1.807, 2.05) is 0 Å². The highest BCUT2D eigenvalue weighted by molar-refractivity contribution is 6.17. The summed E-state index contributed by atoms with van der Waals surface area (Å²) in [6.07, 6.45) is 7.13. The minimum atomic E-state index is -0.270. The van der Waals surface area contributed by atoms with Crippen LogP contribution < -0.4 is 5.32 Å². The Morgan fingerprint density at radius 2 is 2.05 bits per heavy atom.